The summed E-state index contributed by atoms with van der Waals surface area (Å²) in [6.45, 7) is 1.51. The highest BCUT2D eigenvalue weighted by Gasteiger charge is 2.12. The number of benzene rings is 2. The molecule has 10 heteroatoms. The average molecular weight is 706 g/mol. The van der Waals surface area contributed by atoms with Gasteiger partial charge in [-0.25, -0.2) is 0 Å². The molecule has 0 bridgehead atoms. The predicted octanol–water partition coefficient (Wildman–Crippen LogP) is 3.84. The Balaban J connectivity index is 2.05. The number of ketones is 2. The Morgan fingerprint density at radius 3 is 1.51 bits per heavy atom. The third-order valence-corrected chi connectivity index (χ3v) is 6.11. The molecule has 0 heterocycles. The van der Waals surface area contributed by atoms with Crippen LogP contribution in [0.3, 0.4) is 0 Å². The maximum Gasteiger partial charge on any atom is 0.174 e. The van der Waals surface area contributed by atoms with Crippen LogP contribution in [-0.2, 0) is 9.59 Å². The summed E-state index contributed by atoms with van der Waals surface area (Å²) in [5.74, 6) is 1.67. The van der Waals surface area contributed by atoms with Crippen molar-refractivity contribution in [1.82, 2.24) is 0 Å². The molecule has 0 aliphatic heterocycles. The molecule has 188 valence electrons. The number of rotatable bonds is 14. The molecular weight excluding hydrogens is 678 g/mol. The summed E-state index contributed by atoms with van der Waals surface area (Å²) < 4.78 is 23.7. The van der Waals surface area contributed by atoms with Crippen molar-refractivity contribution in [3.05, 3.63) is 54.7 Å². The van der Waals surface area contributed by atoms with E-state index in [4.69, 9.17) is 30.4 Å². The van der Waals surface area contributed by atoms with Crippen LogP contribution in [0.2, 0.25) is 0 Å². The molecule has 0 amide bonds. The Morgan fingerprint density at radius 2 is 1.17 bits per heavy atom. The van der Waals surface area contributed by atoms with Crippen molar-refractivity contribution in [2.24, 2.45) is 11.5 Å². The van der Waals surface area contributed by atoms with E-state index >= 15 is 0 Å². The van der Waals surface area contributed by atoms with Crippen molar-refractivity contribution in [3.63, 3.8) is 0 Å². The van der Waals surface area contributed by atoms with Crippen molar-refractivity contribution in [2.75, 3.05) is 40.5 Å². The van der Waals surface area contributed by atoms with E-state index in [1.807, 2.05) is 12.1 Å². The van der Waals surface area contributed by atoms with E-state index in [1.54, 1.807) is 38.5 Å². The van der Waals surface area contributed by atoms with Crippen molar-refractivity contribution in [2.45, 2.75) is 6.42 Å². The average Bonchev–Trinajstić information content (AvgIpc) is 2.84. The molecule has 0 fully saturated rings. The summed E-state index contributed by atoms with van der Waals surface area (Å²) in [5.41, 5.74) is 12.5. The van der Waals surface area contributed by atoms with Gasteiger partial charge in [-0.1, -0.05) is 12.2 Å². The SMILES string of the molecule is COc1cc(/C=C/C(=O)CC(=O)/C=C/c2cc(I)c(OCCN)c(OC)c2)cc(I)c1OCCN. The third-order valence-electron chi connectivity index (χ3n) is 4.50. The normalized spacial score (nSPS) is 11.1. The lowest BCUT2D eigenvalue weighted by Crippen LogP contribution is -2.11. The summed E-state index contributed by atoms with van der Waals surface area (Å²) in [5, 5.41) is 0. The van der Waals surface area contributed by atoms with Gasteiger partial charge in [0.2, 0.25) is 0 Å². The Hall–Kier alpha value is -2.16. The van der Waals surface area contributed by atoms with Crippen molar-refractivity contribution in [1.29, 1.82) is 0 Å². The summed E-state index contributed by atoms with van der Waals surface area (Å²) >= 11 is 4.27. The summed E-state index contributed by atoms with van der Waals surface area (Å²) in [4.78, 5) is 24.6. The quantitative estimate of drug-likeness (QED) is 0.173. The molecule has 0 spiro atoms. The number of ether oxygens (including phenoxy) is 4. The van der Waals surface area contributed by atoms with Gasteiger partial charge in [-0.05, 0) is 92.7 Å². The van der Waals surface area contributed by atoms with E-state index in [2.05, 4.69) is 45.2 Å². The first-order chi connectivity index (χ1) is 16.8. The zero-order valence-electron chi connectivity index (χ0n) is 19.5. The van der Waals surface area contributed by atoms with Gasteiger partial charge in [0.1, 0.15) is 13.2 Å². The van der Waals surface area contributed by atoms with Crippen LogP contribution in [-0.4, -0.2) is 52.1 Å². The smallest absolute Gasteiger partial charge is 0.174 e. The van der Waals surface area contributed by atoms with E-state index in [0.717, 1.165) is 18.3 Å². The second-order valence-electron chi connectivity index (χ2n) is 7.12. The molecule has 0 unspecified atom stereocenters. The van der Waals surface area contributed by atoms with Gasteiger partial charge in [0.25, 0.3) is 0 Å². The van der Waals surface area contributed by atoms with Crippen LogP contribution in [0.4, 0.5) is 0 Å². The van der Waals surface area contributed by atoms with Gasteiger partial charge in [-0.2, -0.15) is 0 Å². The van der Waals surface area contributed by atoms with Crippen molar-refractivity contribution >= 4 is 68.9 Å². The highest BCUT2D eigenvalue weighted by molar-refractivity contribution is 14.1. The fourth-order valence-electron chi connectivity index (χ4n) is 2.94. The molecule has 0 aromatic heterocycles. The number of methoxy groups -OCH3 is 2. The van der Waals surface area contributed by atoms with Crippen LogP contribution in [0.5, 0.6) is 23.0 Å². The minimum Gasteiger partial charge on any atom is -0.493 e. The Labute approximate surface area is 232 Å². The molecule has 0 aliphatic rings. The third kappa shape index (κ3) is 9.09. The molecule has 35 heavy (non-hydrogen) atoms. The molecule has 0 saturated heterocycles. The minimum atomic E-state index is -0.310. The highest BCUT2D eigenvalue weighted by Crippen LogP contribution is 2.35. The number of carbonyl (C=O) groups is 2. The van der Waals surface area contributed by atoms with Gasteiger partial charge in [0, 0.05) is 13.1 Å². The van der Waals surface area contributed by atoms with Crippen LogP contribution < -0.4 is 30.4 Å². The first-order valence-electron chi connectivity index (χ1n) is 10.7. The monoisotopic (exact) mass is 706 g/mol. The zero-order valence-corrected chi connectivity index (χ0v) is 23.8. The van der Waals surface area contributed by atoms with Crippen LogP contribution in [0.1, 0.15) is 17.5 Å². The van der Waals surface area contributed by atoms with Crippen molar-refractivity contribution in [3.8, 4) is 23.0 Å². The van der Waals surface area contributed by atoms with Crippen LogP contribution in [0.15, 0.2) is 36.4 Å². The topological polar surface area (TPSA) is 123 Å². The number of hydrogen-bond donors (Lipinski definition) is 2. The number of allylic oxidation sites excluding steroid dienone is 2. The molecular formula is C25H28I2N2O6. The highest BCUT2D eigenvalue weighted by atomic mass is 127. The molecule has 2 aromatic carbocycles. The molecule has 4 N–H and O–H groups in total. The number of carbonyl (C=O) groups excluding carboxylic acids is 2. The second-order valence-corrected chi connectivity index (χ2v) is 9.44. The predicted molar refractivity (Wildman–Crippen MR) is 153 cm³/mol. The lowest BCUT2D eigenvalue weighted by atomic mass is 10.1. The Morgan fingerprint density at radius 1 is 0.771 bits per heavy atom. The van der Waals surface area contributed by atoms with Gasteiger partial charge < -0.3 is 30.4 Å². The summed E-state index contributed by atoms with van der Waals surface area (Å²) in [7, 11) is 3.09. The Kier molecular flexibility index (Phi) is 12.5. The standard InChI is InChI=1S/C25H28I2N2O6/c1-32-22-13-16(11-20(26)24(22)34-9-7-28)3-5-18(30)15-19(31)6-4-17-12-21(27)25(35-10-8-29)23(14-17)33-2/h3-6,11-14H,7-10,15,28-29H2,1-2H3/b5-3+,6-4+. The molecule has 0 aliphatic carbocycles. The van der Waals surface area contributed by atoms with E-state index in [9.17, 15) is 9.59 Å². The van der Waals surface area contributed by atoms with Gasteiger partial charge in [-0.15, -0.1) is 0 Å². The molecule has 0 saturated carbocycles. The second kappa shape index (κ2) is 15.1. The van der Waals surface area contributed by atoms with Gasteiger partial charge in [-0.3, -0.25) is 9.59 Å². The molecule has 0 radical (unpaired) electrons. The Bertz CT molecular complexity index is 1020. The van der Waals surface area contributed by atoms with E-state index < -0.39 is 0 Å². The van der Waals surface area contributed by atoms with Crippen LogP contribution in [0.25, 0.3) is 12.2 Å². The van der Waals surface area contributed by atoms with Crippen LogP contribution >= 0.6 is 45.2 Å². The lowest BCUT2D eigenvalue weighted by Gasteiger charge is -2.13. The fraction of sp³-hybridized carbons (Fsp3) is 0.280. The van der Waals surface area contributed by atoms with Gasteiger partial charge in [0.05, 0.1) is 27.8 Å². The van der Waals surface area contributed by atoms with E-state index in [1.165, 1.54) is 12.2 Å². The number of halogens is 2. The largest absolute Gasteiger partial charge is 0.493 e. The lowest BCUT2D eigenvalue weighted by molar-refractivity contribution is -0.121. The van der Waals surface area contributed by atoms with Crippen molar-refractivity contribution < 1.29 is 28.5 Å². The first-order valence-corrected chi connectivity index (χ1v) is 12.8. The molecule has 0 atom stereocenters. The zero-order chi connectivity index (χ0) is 25.8. The van der Waals surface area contributed by atoms with Crippen LogP contribution in [0, 0.1) is 7.14 Å². The number of nitrogens with two attached hydrogens (primary N) is 2. The fourth-order valence-corrected chi connectivity index (χ4v) is 4.50. The maximum absolute atomic E-state index is 12.3. The van der Waals surface area contributed by atoms with E-state index in [0.29, 0.717) is 49.3 Å². The number of hydrogen-bond acceptors (Lipinski definition) is 8. The van der Waals surface area contributed by atoms with Gasteiger partial charge >= 0.3 is 0 Å². The summed E-state index contributed by atoms with van der Waals surface area (Å²) in [6.07, 6.45) is 5.80. The van der Waals surface area contributed by atoms with E-state index in [-0.39, 0.29) is 18.0 Å². The molecule has 2 rings (SSSR count). The van der Waals surface area contributed by atoms with Gasteiger partial charge in [0.15, 0.2) is 34.6 Å². The maximum atomic E-state index is 12.3. The minimum absolute atomic E-state index is 0.245. The first kappa shape index (κ1) is 29.1. The summed E-state index contributed by atoms with van der Waals surface area (Å²) in [6, 6.07) is 7.23. The molecule has 8 nitrogen and oxygen atoms in total. The molecule has 2 aromatic rings.